The van der Waals surface area contributed by atoms with E-state index in [1.54, 1.807) is 17.7 Å². The van der Waals surface area contributed by atoms with Crippen molar-refractivity contribution >= 4 is 10.1 Å². The number of aromatic nitrogens is 2. The molecular formula is C11H14N2O6S. The van der Waals surface area contributed by atoms with Gasteiger partial charge < -0.3 is 9.47 Å². The van der Waals surface area contributed by atoms with Crippen LogP contribution in [-0.4, -0.2) is 43.0 Å². The molecule has 1 aromatic rings. The molecule has 3 heterocycles. The number of nitrogens with zero attached hydrogens (tertiary/aromatic N) is 2. The average molecular weight is 302 g/mol. The molecule has 0 aromatic carbocycles. The number of hydrogen-bond acceptors (Lipinski definition) is 7. The highest BCUT2D eigenvalue weighted by Gasteiger charge is 2.43. The maximum Gasteiger partial charge on any atom is 0.302 e. The van der Waals surface area contributed by atoms with Gasteiger partial charge in [0.15, 0.2) is 0 Å². The zero-order valence-electron chi connectivity index (χ0n) is 11.0. The van der Waals surface area contributed by atoms with Crippen LogP contribution < -0.4 is 10.3 Å². The van der Waals surface area contributed by atoms with Crippen LogP contribution in [0, 0.1) is 6.92 Å². The number of hydrogen-bond donors (Lipinski definition) is 0. The topological polar surface area (TPSA) is 96.7 Å². The van der Waals surface area contributed by atoms with Crippen LogP contribution >= 0.6 is 0 Å². The maximum atomic E-state index is 11.5. The molecule has 0 saturated carbocycles. The molecule has 0 unspecified atom stereocenters. The molecule has 0 spiro atoms. The SMILES string of the molecule is Cc1cn2c(nc1=O)O[C@@H]1C[C@H]2O[C@@H]1COS(C)(=O)=O. The number of ether oxygens (including phenoxy) is 2. The third-order valence-corrected chi connectivity index (χ3v) is 3.85. The molecule has 110 valence electrons. The summed E-state index contributed by atoms with van der Waals surface area (Å²) in [6.07, 6.45) is 1.99. The molecule has 0 N–H and O–H groups in total. The van der Waals surface area contributed by atoms with Gasteiger partial charge in [-0.3, -0.25) is 13.5 Å². The second-order valence-electron chi connectivity index (χ2n) is 4.93. The second-order valence-corrected chi connectivity index (χ2v) is 6.57. The largest absolute Gasteiger partial charge is 0.458 e. The van der Waals surface area contributed by atoms with Crippen molar-refractivity contribution in [2.45, 2.75) is 31.8 Å². The zero-order valence-corrected chi connectivity index (χ0v) is 11.8. The Hall–Kier alpha value is -1.45. The van der Waals surface area contributed by atoms with Gasteiger partial charge in [0.1, 0.15) is 18.4 Å². The molecule has 8 nitrogen and oxygen atoms in total. The third-order valence-electron chi connectivity index (χ3n) is 3.28. The lowest BCUT2D eigenvalue weighted by molar-refractivity contribution is -0.0182. The minimum absolute atomic E-state index is 0.113. The molecule has 1 saturated heterocycles. The Labute approximate surface area is 115 Å². The van der Waals surface area contributed by atoms with Crippen LogP contribution in [0.25, 0.3) is 0 Å². The molecule has 1 fully saturated rings. The Morgan fingerprint density at radius 1 is 1.55 bits per heavy atom. The standard InChI is InChI=1S/C11H14N2O6S/c1-6-4-13-9-3-7(19-11(13)12-10(6)14)8(18-9)5-17-20(2,15)16/h4,7-9H,3,5H2,1-2H3/t7-,8-,9-/m1/s1. The summed E-state index contributed by atoms with van der Waals surface area (Å²) >= 11 is 0. The summed E-state index contributed by atoms with van der Waals surface area (Å²) in [6.45, 7) is 1.55. The van der Waals surface area contributed by atoms with E-state index >= 15 is 0 Å². The lowest BCUT2D eigenvalue weighted by Gasteiger charge is -2.23. The van der Waals surface area contributed by atoms with Crippen molar-refractivity contribution < 1.29 is 22.1 Å². The lowest BCUT2D eigenvalue weighted by atomic mass is 10.1. The maximum absolute atomic E-state index is 11.5. The van der Waals surface area contributed by atoms with Gasteiger partial charge in [-0.15, -0.1) is 0 Å². The molecule has 9 heteroatoms. The zero-order chi connectivity index (χ0) is 14.5. The van der Waals surface area contributed by atoms with E-state index in [-0.39, 0.29) is 30.5 Å². The summed E-state index contributed by atoms with van der Waals surface area (Å²) in [5, 5.41) is 0. The first-order chi connectivity index (χ1) is 9.33. The van der Waals surface area contributed by atoms with E-state index in [2.05, 4.69) is 4.98 Å². The molecule has 2 bridgehead atoms. The highest BCUT2D eigenvalue weighted by atomic mass is 32.2. The van der Waals surface area contributed by atoms with E-state index in [4.69, 9.17) is 13.7 Å². The van der Waals surface area contributed by atoms with Crippen LogP contribution in [-0.2, 0) is 19.0 Å². The van der Waals surface area contributed by atoms with Crippen molar-refractivity contribution in [3.63, 3.8) is 0 Å². The van der Waals surface area contributed by atoms with Gasteiger partial charge in [0, 0.05) is 18.2 Å². The van der Waals surface area contributed by atoms with E-state index < -0.39 is 16.2 Å². The van der Waals surface area contributed by atoms with Crippen LogP contribution in [0.3, 0.4) is 0 Å². The van der Waals surface area contributed by atoms with Crippen molar-refractivity contribution in [3.05, 3.63) is 22.1 Å². The Bertz CT molecular complexity index is 697. The third kappa shape index (κ3) is 2.43. The first-order valence-corrected chi connectivity index (χ1v) is 7.91. The monoisotopic (exact) mass is 302 g/mol. The Balaban J connectivity index is 1.82. The number of rotatable bonds is 3. The van der Waals surface area contributed by atoms with Gasteiger partial charge >= 0.3 is 6.01 Å². The van der Waals surface area contributed by atoms with E-state index in [1.807, 2.05) is 0 Å². The highest BCUT2D eigenvalue weighted by Crippen LogP contribution is 2.37. The number of fused-ring (bicyclic) bond motifs is 4. The van der Waals surface area contributed by atoms with E-state index in [9.17, 15) is 13.2 Å². The van der Waals surface area contributed by atoms with Gasteiger partial charge in [0.2, 0.25) is 0 Å². The quantitative estimate of drug-likeness (QED) is 0.699. The van der Waals surface area contributed by atoms with E-state index in [0.29, 0.717) is 12.0 Å². The van der Waals surface area contributed by atoms with Crippen LogP contribution in [0.1, 0.15) is 18.2 Å². The molecule has 3 atom stereocenters. The Morgan fingerprint density at radius 3 is 3.00 bits per heavy atom. The van der Waals surface area contributed by atoms with Gasteiger partial charge in [0.25, 0.3) is 15.7 Å². The van der Waals surface area contributed by atoms with E-state index in [0.717, 1.165) is 6.26 Å². The molecule has 3 rings (SSSR count). The van der Waals surface area contributed by atoms with Gasteiger partial charge in [0.05, 0.1) is 12.9 Å². The van der Waals surface area contributed by atoms with Crippen molar-refractivity contribution in [3.8, 4) is 6.01 Å². The molecule has 2 aliphatic heterocycles. The Morgan fingerprint density at radius 2 is 2.30 bits per heavy atom. The fourth-order valence-corrected chi connectivity index (χ4v) is 2.70. The normalized spacial score (nSPS) is 28.0. The van der Waals surface area contributed by atoms with Gasteiger partial charge in [-0.25, -0.2) is 0 Å². The highest BCUT2D eigenvalue weighted by molar-refractivity contribution is 7.85. The molecular weight excluding hydrogens is 288 g/mol. The van der Waals surface area contributed by atoms with Crippen molar-refractivity contribution in [1.29, 1.82) is 0 Å². The molecule has 0 aliphatic carbocycles. The summed E-state index contributed by atoms with van der Waals surface area (Å²) in [5.74, 6) is 0. The molecule has 0 radical (unpaired) electrons. The summed E-state index contributed by atoms with van der Waals surface area (Å²) in [4.78, 5) is 15.4. The number of aryl methyl sites for hydroxylation is 1. The second kappa shape index (κ2) is 4.54. The fraction of sp³-hybridized carbons (Fsp3) is 0.636. The van der Waals surface area contributed by atoms with Crippen LogP contribution in [0.15, 0.2) is 11.0 Å². The van der Waals surface area contributed by atoms with Crippen LogP contribution in [0.4, 0.5) is 0 Å². The van der Waals surface area contributed by atoms with Crippen molar-refractivity contribution in [1.82, 2.24) is 9.55 Å². The smallest absolute Gasteiger partial charge is 0.302 e. The minimum atomic E-state index is -3.53. The van der Waals surface area contributed by atoms with E-state index in [1.165, 1.54) is 0 Å². The first-order valence-electron chi connectivity index (χ1n) is 6.10. The van der Waals surface area contributed by atoms with Gasteiger partial charge in [-0.1, -0.05) is 0 Å². The fourth-order valence-electron chi connectivity index (χ4n) is 2.32. The Kier molecular flexibility index (Phi) is 3.07. The summed E-state index contributed by atoms with van der Waals surface area (Å²) < 4.78 is 39.7. The minimum Gasteiger partial charge on any atom is -0.458 e. The summed E-state index contributed by atoms with van der Waals surface area (Å²) in [5.41, 5.74) is 0.150. The predicted octanol–water partition coefficient (Wildman–Crippen LogP) is -0.424. The molecule has 2 aliphatic rings. The van der Waals surface area contributed by atoms with Crippen molar-refractivity contribution in [2.75, 3.05) is 12.9 Å². The van der Waals surface area contributed by atoms with Crippen LogP contribution in [0.2, 0.25) is 0 Å². The summed E-state index contributed by atoms with van der Waals surface area (Å²) in [6, 6.07) is 0.198. The van der Waals surface area contributed by atoms with Crippen LogP contribution in [0.5, 0.6) is 6.01 Å². The first kappa shape index (κ1) is 13.5. The molecule has 1 aromatic heterocycles. The average Bonchev–Trinajstić information content (AvgIpc) is 2.67. The predicted molar refractivity (Wildman–Crippen MR) is 67.0 cm³/mol. The van der Waals surface area contributed by atoms with Crippen molar-refractivity contribution in [2.24, 2.45) is 0 Å². The lowest BCUT2D eigenvalue weighted by Crippen LogP contribution is -2.34. The summed E-state index contributed by atoms with van der Waals surface area (Å²) in [7, 11) is -3.53. The molecule has 20 heavy (non-hydrogen) atoms. The van der Waals surface area contributed by atoms with Gasteiger partial charge in [-0.2, -0.15) is 13.4 Å². The molecule has 0 amide bonds. The van der Waals surface area contributed by atoms with Gasteiger partial charge in [-0.05, 0) is 6.92 Å².